The van der Waals surface area contributed by atoms with Crippen LogP contribution in [0.4, 0.5) is 4.39 Å². The molecule has 0 aromatic carbocycles. The first kappa shape index (κ1) is 10.4. The number of halogens is 1. The average Bonchev–Trinajstić information content (AvgIpc) is 2.47. The van der Waals surface area contributed by atoms with Crippen molar-refractivity contribution in [2.75, 3.05) is 19.7 Å². The van der Waals surface area contributed by atoms with E-state index in [1.165, 1.54) is 11.8 Å². The second-order valence-corrected chi connectivity index (χ2v) is 3.49. The van der Waals surface area contributed by atoms with E-state index in [9.17, 15) is 9.18 Å². The van der Waals surface area contributed by atoms with E-state index in [0.29, 0.717) is 0 Å². The summed E-state index contributed by atoms with van der Waals surface area (Å²) in [6.45, 7) is 0.921. The number of carbonyl (C=O) groups excluding carboxylic acids is 1. The van der Waals surface area contributed by atoms with E-state index in [0.717, 1.165) is 0 Å². The van der Waals surface area contributed by atoms with Gasteiger partial charge in [0.05, 0.1) is 13.2 Å². The minimum Gasteiger partial charge on any atom is -0.393 e. The van der Waals surface area contributed by atoms with Crippen LogP contribution in [0.15, 0.2) is 0 Å². The molecule has 13 heavy (non-hydrogen) atoms. The lowest BCUT2D eigenvalue weighted by Gasteiger charge is -2.19. The summed E-state index contributed by atoms with van der Waals surface area (Å²) in [6.07, 6.45) is -0.955. The highest BCUT2D eigenvalue weighted by atomic mass is 19.1. The highest BCUT2D eigenvalue weighted by Gasteiger charge is 2.40. The predicted octanol–water partition coefficient (Wildman–Crippen LogP) is -0.700. The molecule has 1 saturated heterocycles. The van der Waals surface area contributed by atoms with Gasteiger partial charge in [-0.3, -0.25) is 4.79 Å². The standard InChI is InChI=1S/C8H14FNO3/c1-6(12)7(13)10-3-2-8(9,4-10)5-11/h6,11-12H,2-5H2,1H3/t6-,8?/m0/s1. The number of alkyl halides is 1. The zero-order chi connectivity index (χ0) is 10.1. The highest BCUT2D eigenvalue weighted by molar-refractivity contribution is 5.80. The van der Waals surface area contributed by atoms with E-state index in [1.807, 2.05) is 0 Å². The Balaban J connectivity index is 2.55. The fourth-order valence-electron chi connectivity index (χ4n) is 1.42. The fraction of sp³-hybridized carbons (Fsp3) is 0.875. The molecule has 4 nitrogen and oxygen atoms in total. The number of aliphatic hydroxyl groups is 2. The van der Waals surface area contributed by atoms with Gasteiger partial charge in [-0.25, -0.2) is 4.39 Å². The van der Waals surface area contributed by atoms with Gasteiger partial charge in [-0.1, -0.05) is 0 Å². The molecule has 0 aromatic heterocycles. The van der Waals surface area contributed by atoms with Crippen LogP contribution < -0.4 is 0 Å². The number of amides is 1. The first-order valence-corrected chi connectivity index (χ1v) is 4.25. The molecule has 0 aromatic rings. The minimum atomic E-state index is -1.68. The molecule has 76 valence electrons. The molecule has 0 aliphatic carbocycles. The van der Waals surface area contributed by atoms with Crippen LogP contribution in [0.25, 0.3) is 0 Å². The molecular weight excluding hydrogens is 177 g/mol. The van der Waals surface area contributed by atoms with Gasteiger partial charge in [0.15, 0.2) is 5.67 Å². The Morgan fingerprint density at radius 3 is 2.77 bits per heavy atom. The third-order valence-electron chi connectivity index (χ3n) is 2.26. The molecule has 1 unspecified atom stereocenters. The molecule has 2 N–H and O–H groups in total. The van der Waals surface area contributed by atoms with Crippen LogP contribution in [0.1, 0.15) is 13.3 Å². The van der Waals surface area contributed by atoms with Gasteiger partial charge in [0, 0.05) is 13.0 Å². The molecule has 0 saturated carbocycles. The van der Waals surface area contributed by atoms with Crippen molar-refractivity contribution in [1.82, 2.24) is 4.90 Å². The summed E-state index contributed by atoms with van der Waals surface area (Å²) in [5.74, 6) is -0.479. The topological polar surface area (TPSA) is 60.8 Å². The van der Waals surface area contributed by atoms with Gasteiger partial charge in [0.2, 0.25) is 0 Å². The Bertz CT molecular complexity index is 210. The third kappa shape index (κ3) is 2.16. The lowest BCUT2D eigenvalue weighted by atomic mass is 10.1. The van der Waals surface area contributed by atoms with Gasteiger partial charge < -0.3 is 15.1 Å². The van der Waals surface area contributed by atoms with Gasteiger partial charge >= 0.3 is 0 Å². The average molecular weight is 191 g/mol. The SMILES string of the molecule is C[C@H](O)C(=O)N1CCC(F)(CO)C1. The number of aliphatic hydroxyl groups excluding tert-OH is 2. The van der Waals surface area contributed by atoms with Gasteiger partial charge in [-0.05, 0) is 6.92 Å². The van der Waals surface area contributed by atoms with Crippen LogP contribution >= 0.6 is 0 Å². The van der Waals surface area contributed by atoms with Crippen LogP contribution in [0, 0.1) is 0 Å². The molecule has 1 aliphatic heterocycles. The monoisotopic (exact) mass is 191 g/mol. The lowest BCUT2D eigenvalue weighted by Crippen LogP contribution is -2.39. The Morgan fingerprint density at radius 1 is 1.77 bits per heavy atom. The lowest BCUT2D eigenvalue weighted by molar-refractivity contribution is -0.138. The fourth-order valence-corrected chi connectivity index (χ4v) is 1.42. The molecule has 0 bridgehead atoms. The second-order valence-electron chi connectivity index (χ2n) is 3.49. The zero-order valence-corrected chi connectivity index (χ0v) is 7.53. The van der Waals surface area contributed by atoms with Gasteiger partial charge in [-0.2, -0.15) is 0 Å². The van der Waals surface area contributed by atoms with Crippen molar-refractivity contribution in [2.24, 2.45) is 0 Å². The Kier molecular flexibility index (Phi) is 2.87. The molecular formula is C8H14FNO3. The number of rotatable bonds is 2. The van der Waals surface area contributed by atoms with E-state index in [1.54, 1.807) is 0 Å². The van der Waals surface area contributed by atoms with Crippen LogP contribution in [0.3, 0.4) is 0 Å². The van der Waals surface area contributed by atoms with Gasteiger partial charge in [0.25, 0.3) is 5.91 Å². The van der Waals surface area contributed by atoms with Gasteiger partial charge in [0.1, 0.15) is 6.10 Å². The summed E-state index contributed by atoms with van der Waals surface area (Å²) >= 11 is 0. The van der Waals surface area contributed by atoms with E-state index in [2.05, 4.69) is 0 Å². The van der Waals surface area contributed by atoms with Crippen molar-refractivity contribution in [3.05, 3.63) is 0 Å². The maximum Gasteiger partial charge on any atom is 0.251 e. The normalized spacial score (nSPS) is 30.6. The smallest absolute Gasteiger partial charge is 0.251 e. The summed E-state index contributed by atoms with van der Waals surface area (Å²) < 4.78 is 13.4. The zero-order valence-electron chi connectivity index (χ0n) is 7.53. The maximum absolute atomic E-state index is 13.4. The number of hydrogen-bond acceptors (Lipinski definition) is 3. The van der Waals surface area contributed by atoms with Crippen molar-refractivity contribution in [1.29, 1.82) is 0 Å². The molecule has 0 radical (unpaired) electrons. The van der Waals surface area contributed by atoms with Crippen molar-refractivity contribution in [2.45, 2.75) is 25.1 Å². The maximum atomic E-state index is 13.4. The summed E-state index contributed by atoms with van der Waals surface area (Å²) in [6, 6.07) is 0. The Hall–Kier alpha value is -0.680. The van der Waals surface area contributed by atoms with Crippen LogP contribution in [-0.4, -0.2) is 52.5 Å². The van der Waals surface area contributed by atoms with Crippen molar-refractivity contribution in [3.63, 3.8) is 0 Å². The molecule has 1 rings (SSSR count). The quantitative estimate of drug-likeness (QED) is 0.606. The van der Waals surface area contributed by atoms with E-state index in [-0.39, 0.29) is 19.5 Å². The van der Waals surface area contributed by atoms with Crippen molar-refractivity contribution in [3.8, 4) is 0 Å². The van der Waals surface area contributed by atoms with Crippen molar-refractivity contribution < 1.29 is 19.4 Å². The van der Waals surface area contributed by atoms with Crippen LogP contribution in [0.2, 0.25) is 0 Å². The molecule has 5 heteroatoms. The highest BCUT2D eigenvalue weighted by Crippen LogP contribution is 2.25. The summed E-state index contributed by atoms with van der Waals surface area (Å²) in [7, 11) is 0. The predicted molar refractivity (Wildman–Crippen MR) is 43.8 cm³/mol. The number of hydrogen-bond donors (Lipinski definition) is 2. The summed E-state index contributed by atoms with van der Waals surface area (Å²) in [5.41, 5.74) is -1.68. The van der Waals surface area contributed by atoms with Gasteiger partial charge in [-0.15, -0.1) is 0 Å². The molecule has 1 fully saturated rings. The van der Waals surface area contributed by atoms with Crippen molar-refractivity contribution >= 4 is 5.91 Å². The largest absolute Gasteiger partial charge is 0.393 e. The van der Waals surface area contributed by atoms with E-state index < -0.39 is 24.3 Å². The Morgan fingerprint density at radius 2 is 2.38 bits per heavy atom. The van der Waals surface area contributed by atoms with E-state index >= 15 is 0 Å². The molecule has 1 heterocycles. The van der Waals surface area contributed by atoms with Crippen LogP contribution in [0.5, 0.6) is 0 Å². The van der Waals surface area contributed by atoms with E-state index in [4.69, 9.17) is 10.2 Å². The summed E-state index contributed by atoms with van der Waals surface area (Å²) in [4.78, 5) is 12.4. The number of carbonyl (C=O) groups is 1. The minimum absolute atomic E-state index is 0.118. The molecule has 1 amide bonds. The molecule has 1 aliphatic rings. The summed E-state index contributed by atoms with van der Waals surface area (Å²) in [5, 5.41) is 17.6. The first-order chi connectivity index (χ1) is 5.98. The molecule has 0 spiro atoms. The Labute approximate surface area is 76.0 Å². The number of nitrogens with zero attached hydrogens (tertiary/aromatic N) is 1. The van der Waals surface area contributed by atoms with Crippen LogP contribution in [-0.2, 0) is 4.79 Å². The molecule has 2 atom stereocenters. The third-order valence-corrected chi connectivity index (χ3v) is 2.26. The second kappa shape index (κ2) is 3.59. The first-order valence-electron chi connectivity index (χ1n) is 4.25. The number of likely N-dealkylation sites (tertiary alicyclic amines) is 1.